The van der Waals surface area contributed by atoms with Crippen LogP contribution in [0.2, 0.25) is 5.15 Å². The summed E-state index contributed by atoms with van der Waals surface area (Å²) < 4.78 is 31.7. The standard InChI is InChI=1S/C11H18ClN5O5S/c1-4-5-6-13-14-11(19)16-23(20,21)9-7(10(18)22-3)8(12)15-17(9)2/h13H,4-6H2,1-3H3,(H2,14,16,19). The predicted octanol–water partition coefficient (Wildman–Crippen LogP) is 0.153. The predicted molar refractivity (Wildman–Crippen MR) is 81.3 cm³/mol. The number of rotatable bonds is 7. The van der Waals surface area contributed by atoms with Crippen LogP contribution in [0.3, 0.4) is 0 Å². The molecule has 1 rings (SSSR count). The van der Waals surface area contributed by atoms with Crippen molar-refractivity contribution in [1.29, 1.82) is 0 Å². The van der Waals surface area contributed by atoms with Gasteiger partial charge in [-0.2, -0.15) is 13.5 Å². The zero-order valence-electron chi connectivity index (χ0n) is 12.8. The van der Waals surface area contributed by atoms with Crippen LogP contribution in [0.15, 0.2) is 5.03 Å². The first-order chi connectivity index (χ1) is 10.7. The molecule has 1 heterocycles. The summed E-state index contributed by atoms with van der Waals surface area (Å²) in [7, 11) is -2.05. The van der Waals surface area contributed by atoms with E-state index in [0.717, 1.165) is 24.6 Å². The van der Waals surface area contributed by atoms with Gasteiger partial charge in [0, 0.05) is 13.6 Å². The van der Waals surface area contributed by atoms with E-state index >= 15 is 0 Å². The van der Waals surface area contributed by atoms with E-state index in [0.29, 0.717) is 6.54 Å². The molecule has 3 N–H and O–H groups in total. The van der Waals surface area contributed by atoms with Crippen molar-refractivity contribution in [1.82, 2.24) is 25.4 Å². The van der Waals surface area contributed by atoms with Gasteiger partial charge < -0.3 is 4.74 Å². The third-order valence-electron chi connectivity index (χ3n) is 2.68. The molecule has 0 aromatic carbocycles. The van der Waals surface area contributed by atoms with Crippen LogP contribution in [0.5, 0.6) is 0 Å². The molecule has 10 nitrogen and oxygen atoms in total. The molecular weight excluding hydrogens is 350 g/mol. The number of sulfonamides is 1. The number of amides is 2. The highest BCUT2D eigenvalue weighted by Gasteiger charge is 2.32. The smallest absolute Gasteiger partial charge is 0.344 e. The quantitative estimate of drug-likeness (QED) is 0.355. The second kappa shape index (κ2) is 8.13. The first-order valence-corrected chi connectivity index (χ1v) is 8.47. The minimum Gasteiger partial charge on any atom is -0.465 e. The number of aryl methyl sites for hydroxylation is 1. The largest absolute Gasteiger partial charge is 0.465 e. The Hall–Kier alpha value is -1.85. The fourth-order valence-electron chi connectivity index (χ4n) is 1.66. The van der Waals surface area contributed by atoms with Crippen LogP contribution in [-0.2, 0) is 21.8 Å². The zero-order chi connectivity index (χ0) is 17.6. The van der Waals surface area contributed by atoms with E-state index in [1.54, 1.807) is 4.72 Å². The van der Waals surface area contributed by atoms with Crippen LogP contribution < -0.4 is 15.6 Å². The van der Waals surface area contributed by atoms with Gasteiger partial charge in [-0.15, -0.1) is 0 Å². The molecule has 1 aromatic rings. The van der Waals surface area contributed by atoms with Crippen molar-refractivity contribution in [3.05, 3.63) is 10.7 Å². The van der Waals surface area contributed by atoms with Crippen LogP contribution in [0.1, 0.15) is 30.1 Å². The Balaban J connectivity index is 2.97. The van der Waals surface area contributed by atoms with Gasteiger partial charge in [0.1, 0.15) is 5.56 Å². The highest BCUT2D eigenvalue weighted by Crippen LogP contribution is 2.23. The molecule has 12 heteroatoms. The normalized spacial score (nSPS) is 11.1. The van der Waals surface area contributed by atoms with E-state index in [2.05, 4.69) is 20.7 Å². The summed E-state index contributed by atoms with van der Waals surface area (Å²) in [6.45, 7) is 2.45. The number of halogens is 1. The molecule has 0 fully saturated rings. The molecule has 130 valence electrons. The van der Waals surface area contributed by atoms with E-state index in [1.807, 2.05) is 6.92 Å². The molecule has 0 aliphatic heterocycles. The SMILES string of the molecule is CCCCNNC(=O)NS(=O)(=O)c1c(C(=O)OC)c(Cl)nn1C. The number of esters is 1. The molecular formula is C11H18ClN5O5S. The highest BCUT2D eigenvalue weighted by atomic mass is 35.5. The summed E-state index contributed by atoms with van der Waals surface area (Å²) in [6, 6.07) is -1.01. The van der Waals surface area contributed by atoms with Gasteiger partial charge in [-0.3, -0.25) is 10.1 Å². The summed E-state index contributed by atoms with van der Waals surface area (Å²) in [5.41, 5.74) is 4.29. The summed E-state index contributed by atoms with van der Waals surface area (Å²) >= 11 is 5.75. The maximum atomic E-state index is 12.3. The topological polar surface area (TPSA) is 131 Å². The highest BCUT2D eigenvalue weighted by molar-refractivity contribution is 7.90. The second-order valence-electron chi connectivity index (χ2n) is 4.43. The maximum Gasteiger partial charge on any atom is 0.344 e. The molecule has 0 aliphatic carbocycles. The van der Waals surface area contributed by atoms with E-state index in [4.69, 9.17) is 11.6 Å². The molecule has 23 heavy (non-hydrogen) atoms. The van der Waals surface area contributed by atoms with E-state index in [1.165, 1.54) is 7.05 Å². The molecule has 0 radical (unpaired) electrons. The maximum absolute atomic E-state index is 12.3. The molecule has 0 spiro atoms. The van der Waals surface area contributed by atoms with Crippen molar-refractivity contribution in [3.8, 4) is 0 Å². The van der Waals surface area contributed by atoms with Gasteiger partial charge in [0.15, 0.2) is 10.2 Å². The van der Waals surface area contributed by atoms with Gasteiger partial charge in [-0.05, 0) is 6.42 Å². The van der Waals surface area contributed by atoms with Crippen LogP contribution in [0.4, 0.5) is 4.79 Å². The number of unbranched alkanes of at least 4 members (excludes halogenated alkanes) is 1. The first-order valence-electron chi connectivity index (χ1n) is 6.61. The van der Waals surface area contributed by atoms with Gasteiger partial charge >= 0.3 is 12.0 Å². The Bertz CT molecular complexity index is 687. The number of nitrogens with one attached hydrogen (secondary N) is 3. The van der Waals surface area contributed by atoms with Gasteiger partial charge in [0.05, 0.1) is 7.11 Å². The number of carbonyl (C=O) groups is 2. The third kappa shape index (κ3) is 4.81. The minimum atomic E-state index is -4.38. The lowest BCUT2D eigenvalue weighted by Gasteiger charge is -2.10. The summed E-state index contributed by atoms with van der Waals surface area (Å²) in [5.74, 6) is -0.982. The Labute approximate surface area is 138 Å². The van der Waals surface area contributed by atoms with Gasteiger partial charge in [0.25, 0.3) is 10.0 Å². The summed E-state index contributed by atoms with van der Waals surface area (Å²) in [5, 5.41) is 2.74. The van der Waals surface area contributed by atoms with Crippen molar-refractivity contribution in [2.24, 2.45) is 7.05 Å². The molecule has 0 saturated heterocycles. The number of nitrogens with zero attached hydrogens (tertiary/aromatic N) is 2. The number of methoxy groups -OCH3 is 1. The van der Waals surface area contributed by atoms with Gasteiger partial charge in [-0.1, -0.05) is 24.9 Å². The number of hydrogen-bond acceptors (Lipinski definition) is 7. The van der Waals surface area contributed by atoms with Gasteiger partial charge in [-0.25, -0.2) is 19.7 Å². The molecule has 2 amide bonds. The first kappa shape index (κ1) is 19.2. The monoisotopic (exact) mass is 367 g/mol. The molecule has 0 bridgehead atoms. The van der Waals surface area contributed by atoms with Crippen LogP contribution in [0.25, 0.3) is 0 Å². The van der Waals surface area contributed by atoms with Crippen LogP contribution in [0, 0.1) is 0 Å². The van der Waals surface area contributed by atoms with Crippen molar-refractivity contribution >= 4 is 33.6 Å². The average molecular weight is 368 g/mol. The van der Waals surface area contributed by atoms with Crippen molar-refractivity contribution < 1.29 is 22.7 Å². The number of ether oxygens (including phenoxy) is 1. The zero-order valence-corrected chi connectivity index (χ0v) is 14.4. The van der Waals surface area contributed by atoms with Crippen molar-refractivity contribution in [2.75, 3.05) is 13.7 Å². The lowest BCUT2D eigenvalue weighted by molar-refractivity contribution is 0.0596. The number of hydrazine groups is 1. The van der Waals surface area contributed by atoms with E-state index in [9.17, 15) is 18.0 Å². The summed E-state index contributed by atoms with van der Waals surface area (Å²) in [4.78, 5) is 23.3. The lowest BCUT2D eigenvalue weighted by Crippen LogP contribution is -2.47. The molecule has 0 aliphatic rings. The number of urea groups is 1. The Morgan fingerprint density at radius 3 is 2.61 bits per heavy atom. The molecule has 0 saturated carbocycles. The second-order valence-corrected chi connectivity index (χ2v) is 6.38. The van der Waals surface area contributed by atoms with Crippen LogP contribution in [-0.4, -0.2) is 43.9 Å². The Kier molecular flexibility index (Phi) is 6.79. The van der Waals surface area contributed by atoms with E-state index < -0.39 is 32.6 Å². The molecule has 0 atom stereocenters. The number of carbonyl (C=O) groups excluding carboxylic acids is 2. The molecule has 1 aromatic heterocycles. The lowest BCUT2D eigenvalue weighted by atomic mass is 10.3. The van der Waals surface area contributed by atoms with Crippen LogP contribution >= 0.6 is 11.6 Å². The van der Waals surface area contributed by atoms with Crippen molar-refractivity contribution in [3.63, 3.8) is 0 Å². The molecule has 0 unspecified atom stereocenters. The van der Waals surface area contributed by atoms with Crippen molar-refractivity contribution in [2.45, 2.75) is 24.8 Å². The third-order valence-corrected chi connectivity index (χ3v) is 4.38. The Morgan fingerprint density at radius 1 is 1.39 bits per heavy atom. The minimum absolute atomic E-state index is 0.346. The van der Waals surface area contributed by atoms with Gasteiger partial charge in [0.2, 0.25) is 0 Å². The fourth-order valence-corrected chi connectivity index (χ4v) is 3.23. The number of aromatic nitrogens is 2. The Morgan fingerprint density at radius 2 is 2.04 bits per heavy atom. The fraction of sp³-hybridized carbons (Fsp3) is 0.545. The van der Waals surface area contributed by atoms with E-state index in [-0.39, 0.29) is 5.15 Å². The average Bonchev–Trinajstić information content (AvgIpc) is 2.77. The number of hydrogen-bond donors (Lipinski definition) is 3. The summed E-state index contributed by atoms with van der Waals surface area (Å²) in [6.07, 6.45) is 1.71.